The van der Waals surface area contributed by atoms with E-state index in [1.165, 1.54) is 54.6 Å². The number of nitrogens with one attached hydrogen (secondary N) is 2. The van der Waals surface area contributed by atoms with Gasteiger partial charge in [-0.3, -0.25) is 0 Å². The summed E-state index contributed by atoms with van der Waals surface area (Å²) >= 11 is 0. The molecule has 40 heavy (non-hydrogen) atoms. The minimum atomic E-state index is 1.07. The molecule has 0 aromatic heterocycles. The molecule has 0 saturated heterocycles. The van der Waals surface area contributed by atoms with Crippen LogP contribution in [-0.4, -0.2) is 0 Å². The monoisotopic (exact) mass is 514 g/mol. The van der Waals surface area contributed by atoms with E-state index in [0.717, 1.165) is 22.7 Å². The van der Waals surface area contributed by atoms with E-state index in [2.05, 4.69) is 158 Å². The molecular weight excluding hydrogens is 484 g/mol. The molecule has 0 aliphatic carbocycles. The first kappa shape index (κ1) is 24.0. The average molecular weight is 515 g/mol. The van der Waals surface area contributed by atoms with E-state index in [4.69, 9.17) is 0 Å². The molecule has 0 aliphatic rings. The van der Waals surface area contributed by atoms with E-state index >= 15 is 0 Å². The van der Waals surface area contributed by atoms with Gasteiger partial charge in [0, 0.05) is 32.9 Å². The predicted molar refractivity (Wildman–Crippen MR) is 173 cm³/mol. The van der Waals surface area contributed by atoms with Gasteiger partial charge in [0.1, 0.15) is 0 Å². The first-order valence-corrected chi connectivity index (χ1v) is 13.8. The third-order valence-electron chi connectivity index (χ3n) is 7.75. The van der Waals surface area contributed by atoms with Gasteiger partial charge in [-0.25, -0.2) is 0 Å². The molecule has 0 aliphatic heterocycles. The smallest absolute Gasteiger partial charge is 0.0551 e. The van der Waals surface area contributed by atoms with Gasteiger partial charge in [-0.05, 0) is 66.1 Å². The summed E-state index contributed by atoms with van der Waals surface area (Å²) < 4.78 is 0. The normalized spacial score (nSPS) is 11.2. The molecule has 2 N–H and O–H groups in total. The van der Waals surface area contributed by atoms with E-state index in [0.29, 0.717) is 0 Å². The number of rotatable bonds is 5. The van der Waals surface area contributed by atoms with Crippen LogP contribution in [0.3, 0.4) is 0 Å². The van der Waals surface area contributed by atoms with Crippen molar-refractivity contribution in [1.82, 2.24) is 0 Å². The molecule has 0 amide bonds. The molecule has 0 bridgehead atoms. The first-order valence-electron chi connectivity index (χ1n) is 13.8. The maximum Gasteiger partial charge on any atom is 0.0551 e. The Labute approximate surface area is 234 Å². The maximum atomic E-state index is 3.84. The molecule has 2 nitrogen and oxygen atoms in total. The minimum absolute atomic E-state index is 1.07. The predicted octanol–water partition coefficient (Wildman–Crippen LogP) is 10.9. The van der Waals surface area contributed by atoms with Crippen molar-refractivity contribution >= 4 is 55.1 Å². The molecule has 7 aromatic rings. The van der Waals surface area contributed by atoms with Gasteiger partial charge in [-0.15, -0.1) is 0 Å². The van der Waals surface area contributed by atoms with Gasteiger partial charge in [0.15, 0.2) is 0 Å². The van der Waals surface area contributed by atoms with Crippen LogP contribution in [-0.2, 0) is 0 Å². The fourth-order valence-corrected chi connectivity index (χ4v) is 5.65. The lowest BCUT2D eigenvalue weighted by molar-refractivity contribution is 1.46. The summed E-state index contributed by atoms with van der Waals surface area (Å²) in [6.07, 6.45) is 0. The Morgan fingerprint density at radius 1 is 0.425 bits per heavy atom. The highest BCUT2D eigenvalue weighted by molar-refractivity contribution is 6.24. The summed E-state index contributed by atoms with van der Waals surface area (Å²) in [7, 11) is 0. The van der Waals surface area contributed by atoms with E-state index in [9.17, 15) is 0 Å². The molecule has 0 heterocycles. The first-order chi connectivity index (χ1) is 19.6. The average Bonchev–Trinajstić information content (AvgIpc) is 3.00. The van der Waals surface area contributed by atoms with Crippen molar-refractivity contribution < 1.29 is 0 Å². The Bertz CT molecular complexity index is 2000. The zero-order chi connectivity index (χ0) is 27.1. The summed E-state index contributed by atoms with van der Waals surface area (Å²) in [5.41, 5.74) is 9.28. The van der Waals surface area contributed by atoms with Crippen LogP contribution >= 0.6 is 0 Å². The highest BCUT2D eigenvalue weighted by Crippen LogP contribution is 2.46. The number of hydrogen-bond donors (Lipinski definition) is 2. The lowest BCUT2D eigenvalue weighted by Crippen LogP contribution is -1.99. The van der Waals surface area contributed by atoms with Gasteiger partial charge >= 0.3 is 0 Å². The second kappa shape index (κ2) is 9.91. The van der Waals surface area contributed by atoms with Gasteiger partial charge in [-0.1, -0.05) is 114 Å². The molecule has 192 valence electrons. The Kier molecular flexibility index (Phi) is 5.94. The number of hydrogen-bond acceptors (Lipinski definition) is 2. The number of benzene rings is 7. The highest BCUT2D eigenvalue weighted by Gasteiger charge is 2.18. The molecule has 7 aromatic carbocycles. The summed E-state index contributed by atoms with van der Waals surface area (Å²) in [5.74, 6) is 0. The van der Waals surface area contributed by atoms with Crippen molar-refractivity contribution in [2.24, 2.45) is 0 Å². The third-order valence-corrected chi connectivity index (χ3v) is 7.75. The second-order valence-corrected chi connectivity index (χ2v) is 10.6. The van der Waals surface area contributed by atoms with Gasteiger partial charge in [0.2, 0.25) is 0 Å². The van der Waals surface area contributed by atoms with Crippen molar-refractivity contribution in [3.63, 3.8) is 0 Å². The summed E-state index contributed by atoms with van der Waals surface area (Å²) in [5, 5.41) is 14.9. The van der Waals surface area contributed by atoms with Crippen molar-refractivity contribution in [1.29, 1.82) is 0 Å². The zero-order valence-corrected chi connectivity index (χ0v) is 22.7. The van der Waals surface area contributed by atoms with Crippen LogP contribution in [0.5, 0.6) is 0 Å². The van der Waals surface area contributed by atoms with Gasteiger partial charge in [0.05, 0.1) is 11.4 Å². The lowest BCUT2D eigenvalue weighted by atomic mass is 9.91. The second-order valence-electron chi connectivity index (χ2n) is 10.6. The molecule has 0 atom stereocenters. The molecule has 0 unspecified atom stereocenters. The molecule has 0 spiro atoms. The molecule has 7 rings (SSSR count). The van der Waals surface area contributed by atoms with Gasteiger partial charge < -0.3 is 10.6 Å². The molecule has 0 radical (unpaired) electrons. The van der Waals surface area contributed by atoms with Crippen molar-refractivity contribution in [2.45, 2.75) is 13.8 Å². The Morgan fingerprint density at radius 2 is 0.975 bits per heavy atom. The maximum absolute atomic E-state index is 3.84. The van der Waals surface area contributed by atoms with E-state index < -0.39 is 0 Å². The fourth-order valence-electron chi connectivity index (χ4n) is 5.65. The number of aryl methyl sites for hydroxylation is 2. The molecule has 0 fully saturated rings. The summed E-state index contributed by atoms with van der Waals surface area (Å²) in [6, 6.07) is 47.9. The van der Waals surface area contributed by atoms with Gasteiger partial charge in [-0.2, -0.15) is 0 Å². The van der Waals surface area contributed by atoms with Crippen molar-refractivity contribution in [3.05, 3.63) is 145 Å². The highest BCUT2D eigenvalue weighted by atomic mass is 14.9. The number of fused-ring (bicyclic) bond motifs is 3. The van der Waals surface area contributed by atoms with Crippen LogP contribution in [0.2, 0.25) is 0 Å². The van der Waals surface area contributed by atoms with Crippen LogP contribution < -0.4 is 10.6 Å². The van der Waals surface area contributed by atoms with Crippen LogP contribution in [0, 0.1) is 13.8 Å². The minimum Gasteiger partial charge on any atom is -0.355 e. The van der Waals surface area contributed by atoms with E-state index in [1.807, 2.05) is 0 Å². The number of anilines is 4. The van der Waals surface area contributed by atoms with E-state index in [1.54, 1.807) is 0 Å². The summed E-state index contributed by atoms with van der Waals surface area (Å²) in [6.45, 7) is 4.24. The Morgan fingerprint density at radius 3 is 1.65 bits per heavy atom. The lowest BCUT2D eigenvalue weighted by Gasteiger charge is -2.21. The van der Waals surface area contributed by atoms with Crippen LogP contribution in [0.25, 0.3) is 43.4 Å². The Balaban J connectivity index is 1.54. The molecule has 0 saturated carbocycles. The van der Waals surface area contributed by atoms with Gasteiger partial charge in [0.25, 0.3) is 0 Å². The topological polar surface area (TPSA) is 24.1 Å². The fraction of sp³-hybridized carbons (Fsp3) is 0.0526. The largest absolute Gasteiger partial charge is 0.355 e. The van der Waals surface area contributed by atoms with E-state index in [-0.39, 0.29) is 0 Å². The Hall–Kier alpha value is -5.08. The summed E-state index contributed by atoms with van der Waals surface area (Å²) in [4.78, 5) is 0. The molecule has 2 heteroatoms. The zero-order valence-electron chi connectivity index (χ0n) is 22.7. The van der Waals surface area contributed by atoms with Crippen LogP contribution in [0.4, 0.5) is 22.7 Å². The van der Waals surface area contributed by atoms with Crippen molar-refractivity contribution in [2.75, 3.05) is 10.6 Å². The van der Waals surface area contributed by atoms with Crippen LogP contribution in [0.15, 0.2) is 133 Å². The van der Waals surface area contributed by atoms with Crippen molar-refractivity contribution in [3.8, 4) is 11.1 Å². The van der Waals surface area contributed by atoms with Crippen LogP contribution in [0.1, 0.15) is 11.1 Å². The molecular formula is C38H30N2. The third kappa shape index (κ3) is 4.34. The SMILES string of the molecule is Cc1ccc(Nc2c3ccccc3c(Nc3ccc(C)cc3)c3c(-c4ccc5ccccc5c4)cccc23)cc1. The quantitative estimate of drug-likeness (QED) is 0.176. The standard InChI is InChI=1S/C38H30N2/c1-25-14-20-30(21-15-25)39-37-33-10-5-6-11-34(33)38(40-31-22-16-26(2)17-23-31)36-32(12-7-13-35(36)37)29-19-18-27-8-3-4-9-28(27)24-29/h3-24,39-40H,1-2H3.